The van der Waals surface area contributed by atoms with Crippen LogP contribution in [0.1, 0.15) is 13.3 Å². The maximum Gasteiger partial charge on any atom is 0.318 e. The van der Waals surface area contributed by atoms with Crippen LogP contribution in [0.4, 0.5) is 4.79 Å². The molecule has 0 saturated carbocycles. The van der Waals surface area contributed by atoms with Gasteiger partial charge in [-0.3, -0.25) is 15.0 Å². The number of rotatable bonds is 3. The molecule has 3 amide bonds. The third-order valence-corrected chi connectivity index (χ3v) is 2.68. The molecule has 1 aliphatic heterocycles. The van der Waals surface area contributed by atoms with E-state index in [-0.39, 0.29) is 18.5 Å². The summed E-state index contributed by atoms with van der Waals surface area (Å²) in [6.07, 6.45) is 1.00. The predicted octanol–water partition coefficient (Wildman–Crippen LogP) is -1.15. The summed E-state index contributed by atoms with van der Waals surface area (Å²) in [5.41, 5.74) is 10.6. The summed E-state index contributed by atoms with van der Waals surface area (Å²) >= 11 is 0. The average molecular weight is 214 g/mol. The van der Waals surface area contributed by atoms with Crippen molar-refractivity contribution < 1.29 is 9.59 Å². The number of hydrogen-bond acceptors (Lipinski definition) is 4. The summed E-state index contributed by atoms with van der Waals surface area (Å²) in [5, 5.41) is 2.04. The van der Waals surface area contributed by atoms with Crippen molar-refractivity contribution in [1.82, 2.24) is 10.2 Å². The topological polar surface area (TPSA) is 101 Å². The van der Waals surface area contributed by atoms with Gasteiger partial charge in [0, 0.05) is 12.6 Å². The lowest BCUT2D eigenvalue weighted by Gasteiger charge is -2.16. The van der Waals surface area contributed by atoms with Gasteiger partial charge in [0.1, 0.15) is 0 Å². The molecule has 0 aliphatic carbocycles. The van der Waals surface area contributed by atoms with E-state index >= 15 is 0 Å². The monoisotopic (exact) mass is 214 g/mol. The van der Waals surface area contributed by atoms with E-state index in [1.165, 1.54) is 0 Å². The lowest BCUT2D eigenvalue weighted by atomic mass is 10.0. The van der Waals surface area contributed by atoms with E-state index in [0.29, 0.717) is 5.92 Å². The van der Waals surface area contributed by atoms with Crippen LogP contribution in [0.5, 0.6) is 0 Å². The van der Waals surface area contributed by atoms with Crippen LogP contribution in [0.3, 0.4) is 0 Å². The van der Waals surface area contributed by atoms with Crippen LogP contribution in [0.15, 0.2) is 0 Å². The van der Waals surface area contributed by atoms with E-state index < -0.39 is 6.03 Å². The minimum absolute atomic E-state index is 0.147. The van der Waals surface area contributed by atoms with Crippen LogP contribution >= 0.6 is 0 Å². The van der Waals surface area contributed by atoms with Gasteiger partial charge < -0.3 is 11.5 Å². The van der Waals surface area contributed by atoms with Crippen LogP contribution in [0.2, 0.25) is 0 Å². The maximum absolute atomic E-state index is 11.2. The van der Waals surface area contributed by atoms with Crippen molar-refractivity contribution in [2.75, 3.05) is 19.6 Å². The van der Waals surface area contributed by atoms with Crippen LogP contribution < -0.4 is 16.8 Å². The molecule has 6 heteroatoms. The summed E-state index contributed by atoms with van der Waals surface area (Å²) in [6.45, 7) is 3.84. The molecule has 0 aromatic heterocycles. The van der Waals surface area contributed by atoms with Gasteiger partial charge in [-0.15, -0.1) is 0 Å². The third-order valence-electron chi connectivity index (χ3n) is 2.68. The molecule has 1 fully saturated rings. The first-order valence-corrected chi connectivity index (χ1v) is 5.06. The fraction of sp³-hybridized carbons (Fsp3) is 0.778. The van der Waals surface area contributed by atoms with E-state index in [2.05, 4.69) is 0 Å². The Morgan fingerprint density at radius 3 is 2.73 bits per heavy atom. The molecular weight excluding hydrogens is 196 g/mol. The molecule has 1 heterocycles. The van der Waals surface area contributed by atoms with Gasteiger partial charge in [-0.2, -0.15) is 0 Å². The number of likely N-dealkylation sites (tertiary alicyclic amines) is 1. The molecule has 0 aromatic rings. The lowest BCUT2D eigenvalue weighted by molar-refractivity contribution is -0.120. The Hall–Kier alpha value is -1.14. The Labute approximate surface area is 89.0 Å². The summed E-state index contributed by atoms with van der Waals surface area (Å²) in [5.74, 6) is 0.0826. The molecule has 2 unspecified atom stereocenters. The molecule has 0 spiro atoms. The highest BCUT2D eigenvalue weighted by Gasteiger charge is 2.26. The van der Waals surface area contributed by atoms with Crippen LogP contribution in [0.25, 0.3) is 0 Å². The molecule has 0 radical (unpaired) electrons. The standard InChI is InChI=1S/C9H18N4O2/c1-6(10)7-2-3-13(4-7)5-8(14)12-9(11)15/h6-7H,2-5,10H2,1H3,(H3,11,12,14,15). The second-order valence-corrected chi connectivity index (χ2v) is 4.06. The van der Waals surface area contributed by atoms with Crippen LogP contribution in [0, 0.1) is 5.92 Å². The van der Waals surface area contributed by atoms with Crippen molar-refractivity contribution >= 4 is 11.9 Å². The molecule has 2 atom stereocenters. The number of imide groups is 1. The Kier molecular flexibility index (Phi) is 4.05. The van der Waals surface area contributed by atoms with Crippen molar-refractivity contribution in [3.63, 3.8) is 0 Å². The van der Waals surface area contributed by atoms with E-state index in [1.807, 2.05) is 17.1 Å². The van der Waals surface area contributed by atoms with E-state index in [9.17, 15) is 9.59 Å². The highest BCUT2D eigenvalue weighted by molar-refractivity contribution is 5.94. The first kappa shape index (κ1) is 11.9. The summed E-state index contributed by atoms with van der Waals surface area (Å²) in [6, 6.07) is -0.655. The number of nitrogens with zero attached hydrogens (tertiary/aromatic N) is 1. The fourth-order valence-electron chi connectivity index (χ4n) is 1.82. The van der Waals surface area contributed by atoms with Gasteiger partial charge in [0.15, 0.2) is 0 Å². The van der Waals surface area contributed by atoms with Crippen LogP contribution in [-0.2, 0) is 4.79 Å². The molecule has 1 saturated heterocycles. The number of nitrogens with one attached hydrogen (secondary N) is 1. The molecule has 6 nitrogen and oxygen atoms in total. The van der Waals surface area contributed by atoms with Gasteiger partial charge in [0.2, 0.25) is 5.91 Å². The van der Waals surface area contributed by atoms with Crippen molar-refractivity contribution in [3.8, 4) is 0 Å². The smallest absolute Gasteiger partial charge is 0.318 e. The Bertz CT molecular complexity index is 254. The van der Waals surface area contributed by atoms with E-state index in [4.69, 9.17) is 11.5 Å². The van der Waals surface area contributed by atoms with Crippen molar-refractivity contribution in [2.24, 2.45) is 17.4 Å². The minimum Gasteiger partial charge on any atom is -0.351 e. The molecule has 1 rings (SSSR count). The number of carbonyl (C=O) groups excluding carboxylic acids is 2. The van der Waals surface area contributed by atoms with Crippen molar-refractivity contribution in [3.05, 3.63) is 0 Å². The highest BCUT2D eigenvalue weighted by atomic mass is 16.2. The van der Waals surface area contributed by atoms with Crippen LogP contribution in [-0.4, -0.2) is 42.5 Å². The Morgan fingerprint density at radius 1 is 1.60 bits per heavy atom. The zero-order chi connectivity index (χ0) is 11.4. The van der Waals surface area contributed by atoms with Gasteiger partial charge in [-0.1, -0.05) is 0 Å². The summed E-state index contributed by atoms with van der Waals surface area (Å²) in [7, 11) is 0. The van der Waals surface area contributed by atoms with Gasteiger partial charge >= 0.3 is 6.03 Å². The molecule has 15 heavy (non-hydrogen) atoms. The fourth-order valence-corrected chi connectivity index (χ4v) is 1.82. The first-order chi connectivity index (χ1) is 6.99. The molecule has 0 aromatic carbocycles. The number of amides is 3. The zero-order valence-corrected chi connectivity index (χ0v) is 8.90. The number of carbonyl (C=O) groups is 2. The highest BCUT2D eigenvalue weighted by Crippen LogP contribution is 2.17. The largest absolute Gasteiger partial charge is 0.351 e. The predicted molar refractivity (Wildman–Crippen MR) is 55.9 cm³/mol. The normalized spacial score (nSPS) is 23.7. The third kappa shape index (κ3) is 3.85. The zero-order valence-electron chi connectivity index (χ0n) is 8.90. The SMILES string of the molecule is CC(N)C1CCN(CC(=O)NC(N)=O)C1. The van der Waals surface area contributed by atoms with Gasteiger partial charge in [0.05, 0.1) is 6.54 Å². The molecule has 1 aliphatic rings. The summed E-state index contributed by atoms with van der Waals surface area (Å²) < 4.78 is 0. The van der Waals surface area contributed by atoms with E-state index in [0.717, 1.165) is 19.5 Å². The Balaban J connectivity index is 2.29. The van der Waals surface area contributed by atoms with E-state index in [1.54, 1.807) is 0 Å². The second kappa shape index (κ2) is 5.09. The molecule has 5 N–H and O–H groups in total. The lowest BCUT2D eigenvalue weighted by Crippen LogP contribution is -2.42. The minimum atomic E-state index is -0.803. The first-order valence-electron chi connectivity index (χ1n) is 5.06. The molecule has 86 valence electrons. The number of urea groups is 1. The molecular formula is C9H18N4O2. The maximum atomic E-state index is 11.2. The quantitative estimate of drug-likeness (QED) is 0.552. The number of nitrogens with two attached hydrogens (primary N) is 2. The van der Waals surface area contributed by atoms with Gasteiger partial charge in [-0.05, 0) is 25.8 Å². The average Bonchev–Trinajstić information content (AvgIpc) is 2.50. The van der Waals surface area contributed by atoms with Crippen molar-refractivity contribution in [2.45, 2.75) is 19.4 Å². The van der Waals surface area contributed by atoms with Gasteiger partial charge in [-0.25, -0.2) is 4.79 Å². The number of primary amides is 1. The second-order valence-electron chi connectivity index (χ2n) is 4.06. The molecule has 0 bridgehead atoms. The summed E-state index contributed by atoms with van der Waals surface area (Å²) in [4.78, 5) is 23.6. The van der Waals surface area contributed by atoms with Crippen molar-refractivity contribution in [1.29, 1.82) is 0 Å². The number of hydrogen-bond donors (Lipinski definition) is 3. The van der Waals surface area contributed by atoms with Gasteiger partial charge in [0.25, 0.3) is 0 Å². The Morgan fingerprint density at radius 2 is 2.27 bits per heavy atom.